The molecule has 2 aromatic rings. The summed E-state index contributed by atoms with van der Waals surface area (Å²) in [7, 11) is 0. The van der Waals surface area contributed by atoms with Crippen molar-refractivity contribution in [1.29, 1.82) is 0 Å². The van der Waals surface area contributed by atoms with Crippen LogP contribution in [0.5, 0.6) is 0 Å². The summed E-state index contributed by atoms with van der Waals surface area (Å²) < 4.78 is 1.73. The van der Waals surface area contributed by atoms with Gasteiger partial charge < -0.3 is 0 Å². The van der Waals surface area contributed by atoms with Gasteiger partial charge in [0.15, 0.2) is 0 Å². The third-order valence-corrected chi connectivity index (χ3v) is 2.21. The van der Waals surface area contributed by atoms with Gasteiger partial charge in [-0.15, -0.1) is 0 Å². The first-order valence-electron chi connectivity index (χ1n) is 5.33. The van der Waals surface area contributed by atoms with Crippen LogP contribution in [0, 0.1) is 0 Å². The highest BCUT2D eigenvalue weighted by Gasteiger charge is 2.05. The van der Waals surface area contributed by atoms with E-state index in [0.717, 1.165) is 5.69 Å². The molecule has 1 aromatic heterocycles. The Hall–Kier alpha value is -2.14. The average Bonchev–Trinajstić information content (AvgIpc) is 2.90. The van der Waals surface area contributed by atoms with E-state index in [9.17, 15) is 4.79 Å². The van der Waals surface area contributed by atoms with Crippen LogP contribution >= 0.6 is 0 Å². The van der Waals surface area contributed by atoms with E-state index in [1.165, 1.54) is 0 Å². The van der Waals surface area contributed by atoms with E-state index in [1.807, 2.05) is 24.4 Å². The van der Waals surface area contributed by atoms with Gasteiger partial charge in [0, 0.05) is 18.0 Å². The number of hydroxylamine groups is 1. The van der Waals surface area contributed by atoms with Gasteiger partial charge in [-0.3, -0.25) is 9.63 Å². The lowest BCUT2D eigenvalue weighted by Gasteiger charge is -2.05. The van der Waals surface area contributed by atoms with Gasteiger partial charge in [0.2, 0.25) is 0 Å². The quantitative estimate of drug-likeness (QED) is 0.812. The molecule has 88 valence electrons. The number of nitrogens with one attached hydrogen (secondary N) is 1. The molecule has 0 fully saturated rings. The van der Waals surface area contributed by atoms with Crippen molar-refractivity contribution in [2.75, 3.05) is 6.61 Å². The van der Waals surface area contributed by atoms with Gasteiger partial charge in [-0.05, 0) is 37.3 Å². The number of benzene rings is 1. The molecule has 0 bridgehead atoms. The molecule has 0 spiro atoms. The molecule has 2 rings (SSSR count). The van der Waals surface area contributed by atoms with Crippen LogP contribution in [-0.4, -0.2) is 22.3 Å². The van der Waals surface area contributed by atoms with Crippen LogP contribution in [-0.2, 0) is 4.84 Å². The maximum Gasteiger partial charge on any atom is 0.274 e. The molecule has 1 N–H and O–H groups in total. The van der Waals surface area contributed by atoms with Crippen molar-refractivity contribution in [3.63, 3.8) is 0 Å². The molecule has 0 saturated heterocycles. The van der Waals surface area contributed by atoms with E-state index in [4.69, 9.17) is 4.84 Å². The van der Waals surface area contributed by atoms with Crippen LogP contribution in [0.15, 0.2) is 42.7 Å². The summed E-state index contributed by atoms with van der Waals surface area (Å²) in [4.78, 5) is 16.4. The third kappa shape index (κ3) is 2.70. The topological polar surface area (TPSA) is 56.1 Å². The molecule has 0 aliphatic rings. The first-order valence-corrected chi connectivity index (χ1v) is 5.33. The van der Waals surface area contributed by atoms with E-state index in [-0.39, 0.29) is 5.91 Å². The van der Waals surface area contributed by atoms with Gasteiger partial charge in [-0.2, -0.15) is 5.10 Å². The second-order valence-electron chi connectivity index (χ2n) is 3.36. The highest BCUT2D eigenvalue weighted by molar-refractivity contribution is 5.93. The van der Waals surface area contributed by atoms with Gasteiger partial charge in [0.25, 0.3) is 5.91 Å². The number of hydrogen-bond donors (Lipinski definition) is 1. The molecular weight excluding hydrogens is 218 g/mol. The Balaban J connectivity index is 2.10. The van der Waals surface area contributed by atoms with Crippen LogP contribution < -0.4 is 5.48 Å². The Morgan fingerprint density at radius 3 is 2.76 bits per heavy atom. The predicted octanol–water partition coefficient (Wildman–Crippen LogP) is 1.55. The maximum absolute atomic E-state index is 11.5. The molecule has 17 heavy (non-hydrogen) atoms. The molecular formula is C12H13N3O2. The fourth-order valence-corrected chi connectivity index (χ4v) is 1.38. The molecule has 0 aliphatic carbocycles. The molecule has 1 heterocycles. The number of hydrogen-bond acceptors (Lipinski definition) is 3. The highest BCUT2D eigenvalue weighted by Crippen LogP contribution is 2.08. The summed E-state index contributed by atoms with van der Waals surface area (Å²) in [5.41, 5.74) is 3.80. The number of amides is 1. The molecule has 1 aromatic carbocycles. The lowest BCUT2D eigenvalue weighted by Crippen LogP contribution is -2.23. The summed E-state index contributed by atoms with van der Waals surface area (Å²) >= 11 is 0. The monoisotopic (exact) mass is 231 g/mol. The summed E-state index contributed by atoms with van der Waals surface area (Å²) in [6.45, 7) is 2.25. The third-order valence-electron chi connectivity index (χ3n) is 2.21. The smallest absolute Gasteiger partial charge is 0.274 e. The fourth-order valence-electron chi connectivity index (χ4n) is 1.38. The molecule has 5 heteroatoms. The summed E-state index contributed by atoms with van der Waals surface area (Å²) in [6.07, 6.45) is 3.55. The highest BCUT2D eigenvalue weighted by atomic mass is 16.6. The van der Waals surface area contributed by atoms with Gasteiger partial charge in [0.1, 0.15) is 0 Å². The number of rotatable bonds is 4. The largest absolute Gasteiger partial charge is 0.274 e. The summed E-state index contributed by atoms with van der Waals surface area (Å²) in [6, 6.07) is 8.95. The Bertz CT molecular complexity index is 477. The SMILES string of the molecule is CCONC(=O)c1ccc(-n2cccn2)cc1. The van der Waals surface area contributed by atoms with Crippen LogP contribution in [0.4, 0.5) is 0 Å². The molecule has 0 saturated carbocycles. The lowest BCUT2D eigenvalue weighted by atomic mass is 10.2. The Morgan fingerprint density at radius 1 is 1.41 bits per heavy atom. The van der Waals surface area contributed by atoms with Gasteiger partial charge >= 0.3 is 0 Å². The first kappa shape index (κ1) is 11.3. The Labute approximate surface area is 99.0 Å². The van der Waals surface area contributed by atoms with Gasteiger partial charge in [-0.1, -0.05) is 0 Å². The molecule has 0 atom stereocenters. The number of nitrogens with zero attached hydrogens (tertiary/aromatic N) is 2. The fraction of sp³-hybridized carbons (Fsp3) is 0.167. The normalized spacial score (nSPS) is 10.2. The van der Waals surface area contributed by atoms with E-state index in [2.05, 4.69) is 10.6 Å². The molecule has 1 amide bonds. The number of carbonyl (C=O) groups is 1. The number of aromatic nitrogens is 2. The average molecular weight is 231 g/mol. The summed E-state index contributed by atoms with van der Waals surface area (Å²) in [5, 5.41) is 4.10. The summed E-state index contributed by atoms with van der Waals surface area (Å²) in [5.74, 6) is -0.251. The van der Waals surface area contributed by atoms with Crippen LogP contribution in [0.2, 0.25) is 0 Å². The van der Waals surface area contributed by atoms with E-state index >= 15 is 0 Å². The van der Waals surface area contributed by atoms with Crippen molar-refractivity contribution in [1.82, 2.24) is 15.3 Å². The van der Waals surface area contributed by atoms with E-state index in [1.54, 1.807) is 29.9 Å². The van der Waals surface area contributed by atoms with Crippen molar-refractivity contribution < 1.29 is 9.63 Å². The zero-order valence-corrected chi connectivity index (χ0v) is 9.46. The van der Waals surface area contributed by atoms with Gasteiger partial charge in [-0.25, -0.2) is 10.2 Å². The second kappa shape index (κ2) is 5.27. The minimum Gasteiger partial charge on any atom is -0.274 e. The van der Waals surface area contributed by atoms with E-state index in [0.29, 0.717) is 12.2 Å². The lowest BCUT2D eigenvalue weighted by molar-refractivity contribution is 0.0364. The van der Waals surface area contributed by atoms with Crippen molar-refractivity contribution in [2.24, 2.45) is 0 Å². The second-order valence-corrected chi connectivity index (χ2v) is 3.36. The molecule has 0 aliphatic heterocycles. The standard InChI is InChI=1S/C12H13N3O2/c1-2-17-14-12(16)10-4-6-11(7-5-10)15-9-3-8-13-15/h3-9H,2H2,1H3,(H,14,16). The van der Waals surface area contributed by atoms with Crippen molar-refractivity contribution >= 4 is 5.91 Å². The molecule has 0 unspecified atom stereocenters. The number of carbonyl (C=O) groups excluding carboxylic acids is 1. The van der Waals surface area contributed by atoms with Gasteiger partial charge in [0.05, 0.1) is 12.3 Å². The van der Waals surface area contributed by atoms with Crippen LogP contribution in [0.3, 0.4) is 0 Å². The Kier molecular flexibility index (Phi) is 3.52. The first-order chi connectivity index (χ1) is 8.31. The van der Waals surface area contributed by atoms with Crippen LogP contribution in [0.1, 0.15) is 17.3 Å². The maximum atomic E-state index is 11.5. The van der Waals surface area contributed by atoms with Crippen molar-refractivity contribution in [3.8, 4) is 5.69 Å². The molecule has 5 nitrogen and oxygen atoms in total. The minimum absolute atomic E-state index is 0.251. The van der Waals surface area contributed by atoms with E-state index < -0.39 is 0 Å². The van der Waals surface area contributed by atoms with Crippen molar-refractivity contribution in [3.05, 3.63) is 48.3 Å². The molecule has 0 radical (unpaired) electrons. The Morgan fingerprint density at radius 2 is 2.18 bits per heavy atom. The minimum atomic E-state index is -0.251. The van der Waals surface area contributed by atoms with Crippen molar-refractivity contribution in [2.45, 2.75) is 6.92 Å². The predicted molar refractivity (Wildman–Crippen MR) is 62.7 cm³/mol. The van der Waals surface area contributed by atoms with Crippen LogP contribution in [0.25, 0.3) is 5.69 Å². The zero-order valence-electron chi connectivity index (χ0n) is 9.46. The zero-order chi connectivity index (χ0) is 12.1.